The summed E-state index contributed by atoms with van der Waals surface area (Å²) < 4.78 is 43.3. The van der Waals surface area contributed by atoms with Gasteiger partial charge in [0.2, 0.25) is 0 Å². The Morgan fingerprint density at radius 2 is 1.89 bits per heavy atom. The third-order valence-electron chi connectivity index (χ3n) is 4.89. The predicted octanol–water partition coefficient (Wildman–Crippen LogP) is 1.93. The van der Waals surface area contributed by atoms with Gasteiger partial charge in [0.1, 0.15) is 5.82 Å². The molecule has 2 aromatic rings. The van der Waals surface area contributed by atoms with Crippen molar-refractivity contribution < 1.29 is 22.7 Å². The first-order chi connectivity index (χ1) is 13.4. The zero-order valence-electron chi connectivity index (χ0n) is 14.9. The molecule has 1 fully saturated rings. The molecule has 1 amide bonds. The molecule has 0 radical (unpaired) electrons. The summed E-state index contributed by atoms with van der Waals surface area (Å²) in [4.78, 5) is 20.1. The Hall–Kier alpha value is -2.75. The van der Waals surface area contributed by atoms with Crippen LogP contribution in [0.1, 0.15) is 27.3 Å². The molecule has 2 aliphatic heterocycles. The Balaban J connectivity index is 1.39. The first-order valence-corrected chi connectivity index (χ1v) is 8.92. The largest absolute Gasteiger partial charge is 0.417 e. The molecular weight excluding hydrogens is 375 g/mol. The number of amides is 1. The van der Waals surface area contributed by atoms with E-state index >= 15 is 0 Å². The molecule has 0 aliphatic carbocycles. The van der Waals surface area contributed by atoms with Gasteiger partial charge < -0.3 is 14.5 Å². The van der Waals surface area contributed by atoms with Gasteiger partial charge in [-0.25, -0.2) is 4.98 Å². The fourth-order valence-corrected chi connectivity index (χ4v) is 3.29. The van der Waals surface area contributed by atoms with Crippen molar-refractivity contribution in [3.8, 4) is 0 Å². The molecule has 2 aliphatic rings. The third kappa shape index (κ3) is 3.77. The third-order valence-corrected chi connectivity index (χ3v) is 4.89. The molecule has 0 N–H and O–H groups in total. The first-order valence-electron chi connectivity index (χ1n) is 8.92. The number of rotatable bonds is 2. The van der Waals surface area contributed by atoms with Crippen molar-refractivity contribution in [3.63, 3.8) is 0 Å². The summed E-state index contributed by atoms with van der Waals surface area (Å²) in [5, 5.41) is 8.18. The number of carbonyl (C=O) groups excluding carboxylic acids is 1. The molecule has 0 aromatic carbocycles. The van der Waals surface area contributed by atoms with E-state index in [1.165, 1.54) is 6.07 Å². The Bertz CT molecular complexity index is 865. The molecule has 4 heterocycles. The van der Waals surface area contributed by atoms with Gasteiger partial charge in [-0.2, -0.15) is 18.3 Å². The summed E-state index contributed by atoms with van der Waals surface area (Å²) in [6, 6.07) is 4.10. The number of halogens is 3. The van der Waals surface area contributed by atoms with Crippen molar-refractivity contribution in [1.29, 1.82) is 0 Å². The van der Waals surface area contributed by atoms with E-state index in [0.717, 1.165) is 23.5 Å². The van der Waals surface area contributed by atoms with Crippen molar-refractivity contribution in [3.05, 3.63) is 46.9 Å². The maximum Gasteiger partial charge on any atom is 0.417 e. The highest BCUT2D eigenvalue weighted by atomic mass is 19.4. The number of pyridine rings is 1. The lowest BCUT2D eigenvalue weighted by molar-refractivity contribution is -0.137. The number of nitrogens with zero attached hydrogens (tertiary/aromatic N) is 5. The predicted molar refractivity (Wildman–Crippen MR) is 92.7 cm³/mol. The highest BCUT2D eigenvalue weighted by Crippen LogP contribution is 2.29. The number of hydrogen-bond acceptors (Lipinski definition) is 6. The molecule has 1 saturated heterocycles. The van der Waals surface area contributed by atoms with Gasteiger partial charge in [0.05, 0.1) is 24.5 Å². The van der Waals surface area contributed by atoms with E-state index in [0.29, 0.717) is 51.6 Å². The van der Waals surface area contributed by atoms with Crippen LogP contribution < -0.4 is 4.90 Å². The Morgan fingerprint density at radius 3 is 2.57 bits per heavy atom. The highest BCUT2D eigenvalue weighted by Gasteiger charge is 2.31. The fraction of sp³-hybridized carbons (Fsp3) is 0.444. The van der Waals surface area contributed by atoms with E-state index in [9.17, 15) is 18.0 Å². The summed E-state index contributed by atoms with van der Waals surface area (Å²) in [5.41, 5.74) is 1.25. The molecule has 7 nitrogen and oxygen atoms in total. The molecule has 0 atom stereocenters. The molecule has 0 saturated carbocycles. The molecule has 0 spiro atoms. The van der Waals surface area contributed by atoms with Crippen molar-refractivity contribution in [1.82, 2.24) is 20.1 Å². The van der Waals surface area contributed by atoms with Crippen LogP contribution in [0.15, 0.2) is 24.4 Å². The Labute approximate surface area is 159 Å². The summed E-state index contributed by atoms with van der Waals surface area (Å²) >= 11 is 0. The normalized spacial score (nSPS) is 17.4. The monoisotopic (exact) mass is 393 g/mol. The van der Waals surface area contributed by atoms with Gasteiger partial charge in [-0.1, -0.05) is 0 Å². The quantitative estimate of drug-likeness (QED) is 0.777. The van der Waals surface area contributed by atoms with Crippen LogP contribution in [0.4, 0.5) is 19.0 Å². The van der Waals surface area contributed by atoms with Crippen LogP contribution in [-0.2, 0) is 23.9 Å². The number of carbonyl (C=O) groups is 1. The molecular formula is C18H18F3N5O2. The number of hydrogen-bond donors (Lipinski definition) is 0. The first kappa shape index (κ1) is 18.6. The molecule has 0 bridgehead atoms. The van der Waals surface area contributed by atoms with Gasteiger partial charge in [-0.3, -0.25) is 4.79 Å². The standard InChI is InChI=1S/C18H18F3N5O2/c19-18(20,21)13-1-2-16(22-10-13)25-4-6-26(7-5-25)17(27)15-9-12-11-28-8-3-14(12)23-24-15/h1-2,9-10H,3-8,11H2. The van der Waals surface area contributed by atoms with Gasteiger partial charge in [0, 0.05) is 44.4 Å². The van der Waals surface area contributed by atoms with Gasteiger partial charge in [-0.15, -0.1) is 5.10 Å². The number of aromatic nitrogens is 3. The van der Waals surface area contributed by atoms with Crippen LogP contribution in [-0.4, -0.2) is 58.8 Å². The van der Waals surface area contributed by atoms with E-state index in [1.807, 2.05) is 4.90 Å². The van der Waals surface area contributed by atoms with E-state index in [2.05, 4.69) is 15.2 Å². The number of alkyl halides is 3. The molecule has 0 unspecified atom stereocenters. The topological polar surface area (TPSA) is 71.5 Å². The lowest BCUT2D eigenvalue weighted by Crippen LogP contribution is -2.49. The van der Waals surface area contributed by atoms with Crippen LogP contribution in [0.5, 0.6) is 0 Å². The van der Waals surface area contributed by atoms with Gasteiger partial charge in [0.25, 0.3) is 5.91 Å². The molecule has 28 heavy (non-hydrogen) atoms. The molecule has 10 heteroatoms. The number of anilines is 1. The minimum Gasteiger partial charge on any atom is -0.376 e. The van der Waals surface area contributed by atoms with Crippen molar-refractivity contribution in [2.75, 3.05) is 37.7 Å². The van der Waals surface area contributed by atoms with Gasteiger partial charge >= 0.3 is 6.18 Å². The highest BCUT2D eigenvalue weighted by molar-refractivity contribution is 5.92. The van der Waals surface area contributed by atoms with E-state index in [1.54, 1.807) is 11.0 Å². The minimum atomic E-state index is -4.41. The van der Waals surface area contributed by atoms with Crippen LogP contribution in [0.25, 0.3) is 0 Å². The summed E-state index contributed by atoms with van der Waals surface area (Å²) in [6.07, 6.45) is -2.88. The second-order valence-corrected chi connectivity index (χ2v) is 6.69. The summed E-state index contributed by atoms with van der Waals surface area (Å²) in [6.45, 7) is 2.85. The second-order valence-electron chi connectivity index (χ2n) is 6.69. The summed E-state index contributed by atoms with van der Waals surface area (Å²) in [7, 11) is 0. The van der Waals surface area contributed by atoms with Crippen LogP contribution in [0.3, 0.4) is 0 Å². The number of piperazine rings is 1. The maximum atomic E-state index is 12.7. The minimum absolute atomic E-state index is 0.207. The maximum absolute atomic E-state index is 12.7. The van der Waals surface area contributed by atoms with E-state index in [-0.39, 0.29) is 11.6 Å². The van der Waals surface area contributed by atoms with Crippen LogP contribution >= 0.6 is 0 Å². The Morgan fingerprint density at radius 1 is 1.11 bits per heavy atom. The van der Waals surface area contributed by atoms with Crippen molar-refractivity contribution in [2.24, 2.45) is 0 Å². The molecule has 4 rings (SSSR count). The lowest BCUT2D eigenvalue weighted by atomic mass is 10.1. The van der Waals surface area contributed by atoms with Gasteiger partial charge in [0.15, 0.2) is 5.69 Å². The SMILES string of the molecule is O=C(c1cc2c(nn1)CCOC2)N1CCN(c2ccc(C(F)(F)F)cn2)CC1. The van der Waals surface area contributed by atoms with E-state index < -0.39 is 11.7 Å². The molecule has 2 aromatic heterocycles. The second kappa shape index (κ2) is 7.34. The average Bonchev–Trinajstić information content (AvgIpc) is 2.72. The Kier molecular flexibility index (Phi) is 4.88. The van der Waals surface area contributed by atoms with Crippen LogP contribution in [0, 0.1) is 0 Å². The average molecular weight is 393 g/mol. The fourth-order valence-electron chi connectivity index (χ4n) is 3.29. The van der Waals surface area contributed by atoms with Gasteiger partial charge in [-0.05, 0) is 18.2 Å². The smallest absolute Gasteiger partial charge is 0.376 e. The number of fused-ring (bicyclic) bond motifs is 1. The zero-order valence-corrected chi connectivity index (χ0v) is 14.9. The van der Waals surface area contributed by atoms with E-state index in [4.69, 9.17) is 4.74 Å². The van der Waals surface area contributed by atoms with Crippen molar-refractivity contribution in [2.45, 2.75) is 19.2 Å². The van der Waals surface area contributed by atoms with Crippen molar-refractivity contribution >= 4 is 11.7 Å². The lowest BCUT2D eigenvalue weighted by Gasteiger charge is -2.35. The van der Waals surface area contributed by atoms with Crippen LogP contribution in [0.2, 0.25) is 0 Å². The molecule has 148 valence electrons. The number of ether oxygens (including phenoxy) is 1. The summed E-state index contributed by atoms with van der Waals surface area (Å²) in [5.74, 6) is 0.256. The zero-order chi connectivity index (χ0) is 19.7.